The van der Waals surface area contributed by atoms with Gasteiger partial charge >= 0.3 is 6.09 Å². The van der Waals surface area contributed by atoms with Crippen molar-refractivity contribution in [1.29, 1.82) is 0 Å². The summed E-state index contributed by atoms with van der Waals surface area (Å²) >= 11 is 16.7. The molecule has 0 radical (unpaired) electrons. The van der Waals surface area contributed by atoms with Crippen molar-refractivity contribution in [2.75, 3.05) is 26.4 Å². The first-order valence-corrected chi connectivity index (χ1v) is 7.77. The molecule has 1 aromatic rings. The van der Waals surface area contributed by atoms with Gasteiger partial charge in [0.2, 0.25) is 3.79 Å². The number of halogens is 4. The summed E-state index contributed by atoms with van der Waals surface area (Å²) in [6.45, 7) is -0.804. The Morgan fingerprint density at radius 2 is 2.05 bits per heavy atom. The Hall–Kier alpha value is -0.750. The zero-order valence-corrected chi connectivity index (χ0v) is 13.8. The standard InChI is InChI=1S/C14H15Cl3FNO3/c15-14(16,17)9-22-13(20)19-7-11(6-18)21-8-12(19)10-4-2-1-3-5-10/h1-5,11-12H,6-9H2/t11-,12+/m1/s1. The number of hydrogen-bond acceptors (Lipinski definition) is 3. The molecule has 0 aliphatic carbocycles. The summed E-state index contributed by atoms with van der Waals surface area (Å²) in [5.74, 6) is 0. The lowest BCUT2D eigenvalue weighted by Crippen LogP contribution is -2.49. The highest BCUT2D eigenvalue weighted by Gasteiger charge is 2.35. The number of rotatable bonds is 3. The minimum atomic E-state index is -1.69. The quantitative estimate of drug-likeness (QED) is 0.757. The molecule has 0 bridgehead atoms. The van der Waals surface area contributed by atoms with Gasteiger partial charge in [-0.25, -0.2) is 9.18 Å². The van der Waals surface area contributed by atoms with Crippen molar-refractivity contribution in [3.63, 3.8) is 0 Å². The molecule has 4 nitrogen and oxygen atoms in total. The lowest BCUT2D eigenvalue weighted by molar-refractivity contribution is -0.0669. The Morgan fingerprint density at radius 3 is 2.64 bits per heavy atom. The van der Waals surface area contributed by atoms with E-state index in [1.807, 2.05) is 30.3 Å². The van der Waals surface area contributed by atoms with Crippen LogP contribution in [-0.2, 0) is 9.47 Å². The van der Waals surface area contributed by atoms with Crippen molar-refractivity contribution in [2.24, 2.45) is 0 Å². The Morgan fingerprint density at radius 1 is 1.36 bits per heavy atom. The lowest BCUT2D eigenvalue weighted by atomic mass is 10.0. The van der Waals surface area contributed by atoms with Crippen LogP contribution < -0.4 is 0 Å². The van der Waals surface area contributed by atoms with E-state index in [2.05, 4.69) is 0 Å². The fourth-order valence-electron chi connectivity index (χ4n) is 2.19. The van der Waals surface area contributed by atoms with Crippen molar-refractivity contribution >= 4 is 40.9 Å². The molecule has 1 aliphatic heterocycles. The number of benzene rings is 1. The third-order valence-electron chi connectivity index (χ3n) is 3.22. The highest BCUT2D eigenvalue weighted by atomic mass is 35.6. The van der Waals surface area contributed by atoms with E-state index in [9.17, 15) is 9.18 Å². The first kappa shape index (κ1) is 17.6. The fourth-order valence-corrected chi connectivity index (χ4v) is 2.35. The van der Waals surface area contributed by atoms with Gasteiger partial charge in [0.25, 0.3) is 0 Å². The van der Waals surface area contributed by atoms with E-state index in [1.54, 1.807) is 0 Å². The molecule has 122 valence electrons. The van der Waals surface area contributed by atoms with Crippen LogP contribution in [0.15, 0.2) is 30.3 Å². The summed E-state index contributed by atoms with van der Waals surface area (Å²) in [6, 6.07) is 8.91. The SMILES string of the molecule is O=C(OCC(Cl)(Cl)Cl)N1C[C@@H](CF)OC[C@H]1c1ccccc1. The molecule has 8 heteroatoms. The first-order chi connectivity index (χ1) is 10.4. The van der Waals surface area contributed by atoms with E-state index in [0.29, 0.717) is 0 Å². The summed E-state index contributed by atoms with van der Waals surface area (Å²) in [5, 5.41) is 0. The van der Waals surface area contributed by atoms with Crippen LogP contribution in [0.1, 0.15) is 11.6 Å². The molecular weight excluding hydrogens is 356 g/mol. The normalized spacial score (nSPS) is 22.5. The van der Waals surface area contributed by atoms with Crippen LogP contribution in [0.4, 0.5) is 9.18 Å². The average Bonchev–Trinajstić information content (AvgIpc) is 2.52. The number of ether oxygens (including phenoxy) is 2. The summed E-state index contributed by atoms with van der Waals surface area (Å²) in [6.07, 6.45) is -1.35. The summed E-state index contributed by atoms with van der Waals surface area (Å²) in [7, 11) is 0. The minimum Gasteiger partial charge on any atom is -0.445 e. The molecule has 22 heavy (non-hydrogen) atoms. The zero-order valence-electron chi connectivity index (χ0n) is 11.6. The van der Waals surface area contributed by atoms with Gasteiger partial charge in [0.1, 0.15) is 19.4 Å². The number of morpholine rings is 1. The van der Waals surface area contributed by atoms with Gasteiger partial charge in [-0.3, -0.25) is 4.90 Å². The predicted octanol–water partition coefficient (Wildman–Crippen LogP) is 3.90. The number of nitrogens with zero attached hydrogens (tertiary/aromatic N) is 1. The van der Waals surface area contributed by atoms with E-state index in [0.717, 1.165) is 5.56 Å². The van der Waals surface area contributed by atoms with Crippen LogP contribution in [0.3, 0.4) is 0 Å². The molecule has 1 fully saturated rings. The smallest absolute Gasteiger partial charge is 0.410 e. The molecule has 0 aromatic heterocycles. The summed E-state index contributed by atoms with van der Waals surface area (Å²) in [5.41, 5.74) is 0.866. The third kappa shape index (κ3) is 4.88. The molecule has 1 heterocycles. The first-order valence-electron chi connectivity index (χ1n) is 6.63. The van der Waals surface area contributed by atoms with E-state index in [4.69, 9.17) is 44.3 Å². The molecule has 2 rings (SSSR count). The Bertz CT molecular complexity index is 498. The van der Waals surface area contributed by atoms with Gasteiger partial charge < -0.3 is 9.47 Å². The fraction of sp³-hybridized carbons (Fsp3) is 0.500. The molecule has 2 atom stereocenters. The van der Waals surface area contributed by atoms with Crippen LogP contribution in [-0.4, -0.2) is 47.3 Å². The Labute approximate surface area is 143 Å². The zero-order chi connectivity index (χ0) is 16.2. The van der Waals surface area contributed by atoms with Gasteiger partial charge in [-0.15, -0.1) is 0 Å². The van der Waals surface area contributed by atoms with Gasteiger partial charge in [-0.1, -0.05) is 65.1 Å². The van der Waals surface area contributed by atoms with Crippen molar-refractivity contribution in [2.45, 2.75) is 15.9 Å². The largest absolute Gasteiger partial charge is 0.445 e. The van der Waals surface area contributed by atoms with E-state index < -0.39 is 22.7 Å². The molecule has 0 N–H and O–H groups in total. The molecule has 1 aliphatic rings. The topological polar surface area (TPSA) is 38.8 Å². The third-order valence-corrected chi connectivity index (χ3v) is 3.54. The van der Waals surface area contributed by atoms with Gasteiger partial charge in [0, 0.05) is 0 Å². The minimum absolute atomic E-state index is 0.0781. The molecule has 1 aromatic carbocycles. The Balaban J connectivity index is 2.12. The van der Waals surface area contributed by atoms with Crippen LogP contribution in [0.5, 0.6) is 0 Å². The highest BCUT2D eigenvalue weighted by molar-refractivity contribution is 6.67. The number of carbonyl (C=O) groups excluding carboxylic acids is 1. The van der Waals surface area contributed by atoms with Crippen LogP contribution >= 0.6 is 34.8 Å². The molecule has 1 saturated heterocycles. The second-order valence-corrected chi connectivity index (χ2v) is 7.37. The second-order valence-electron chi connectivity index (χ2n) is 4.86. The Kier molecular flexibility index (Phi) is 6.15. The molecule has 0 saturated carbocycles. The van der Waals surface area contributed by atoms with E-state index in [-0.39, 0.29) is 25.8 Å². The summed E-state index contributed by atoms with van der Waals surface area (Å²) < 4.78 is 21.6. The molecule has 1 amide bonds. The monoisotopic (exact) mass is 369 g/mol. The van der Waals surface area contributed by atoms with Crippen molar-refractivity contribution in [1.82, 2.24) is 4.90 Å². The number of hydrogen-bond donors (Lipinski definition) is 0. The number of alkyl halides is 4. The van der Waals surface area contributed by atoms with Crippen LogP contribution in [0.2, 0.25) is 0 Å². The molecular formula is C14H15Cl3FNO3. The summed E-state index contributed by atoms with van der Waals surface area (Å²) in [4.78, 5) is 13.6. The average molecular weight is 371 g/mol. The highest BCUT2D eigenvalue weighted by Crippen LogP contribution is 2.29. The maximum atomic E-state index is 12.9. The molecule has 0 unspecified atom stereocenters. The lowest BCUT2D eigenvalue weighted by Gasteiger charge is -2.38. The van der Waals surface area contributed by atoms with Gasteiger partial charge in [-0.2, -0.15) is 0 Å². The predicted molar refractivity (Wildman–Crippen MR) is 83.2 cm³/mol. The van der Waals surface area contributed by atoms with E-state index >= 15 is 0 Å². The number of amides is 1. The van der Waals surface area contributed by atoms with Gasteiger partial charge in [0.15, 0.2) is 0 Å². The second kappa shape index (κ2) is 7.68. The maximum Gasteiger partial charge on any atom is 0.410 e. The van der Waals surface area contributed by atoms with Crippen molar-refractivity contribution in [3.8, 4) is 0 Å². The van der Waals surface area contributed by atoms with Crippen molar-refractivity contribution in [3.05, 3.63) is 35.9 Å². The van der Waals surface area contributed by atoms with E-state index in [1.165, 1.54) is 4.90 Å². The number of carbonyl (C=O) groups is 1. The maximum absolute atomic E-state index is 12.9. The van der Waals surface area contributed by atoms with Gasteiger partial charge in [-0.05, 0) is 5.56 Å². The van der Waals surface area contributed by atoms with Crippen LogP contribution in [0.25, 0.3) is 0 Å². The van der Waals surface area contributed by atoms with Crippen LogP contribution in [0, 0.1) is 0 Å². The van der Waals surface area contributed by atoms with Gasteiger partial charge in [0.05, 0.1) is 19.2 Å². The van der Waals surface area contributed by atoms with Crippen molar-refractivity contribution < 1.29 is 18.7 Å². The molecule has 0 spiro atoms.